The fraction of sp³-hybridized carbons (Fsp3) is 0.143. The molecule has 0 saturated heterocycles. The first-order chi connectivity index (χ1) is 9.93. The molecular weight excluding hydrogens is 308 g/mol. The van der Waals surface area contributed by atoms with Gasteiger partial charge in [-0.1, -0.05) is 18.2 Å². The molecule has 0 fully saturated rings. The Morgan fingerprint density at radius 1 is 1.00 bits per heavy atom. The van der Waals surface area contributed by atoms with Crippen LogP contribution in [0.2, 0.25) is 0 Å². The molecule has 1 atom stereocenters. The van der Waals surface area contributed by atoms with Crippen LogP contribution in [0, 0.1) is 0 Å². The van der Waals surface area contributed by atoms with E-state index in [0.29, 0.717) is 15.5 Å². The van der Waals surface area contributed by atoms with Gasteiger partial charge in [0.1, 0.15) is 4.90 Å². The minimum atomic E-state index is -3.65. The van der Waals surface area contributed by atoms with Crippen molar-refractivity contribution in [3.63, 3.8) is 0 Å². The van der Waals surface area contributed by atoms with Crippen molar-refractivity contribution in [1.29, 1.82) is 0 Å². The van der Waals surface area contributed by atoms with Crippen molar-refractivity contribution in [2.45, 2.75) is 14.7 Å². The van der Waals surface area contributed by atoms with Crippen molar-refractivity contribution < 1.29 is 12.6 Å². The molecule has 0 saturated carbocycles. The lowest BCUT2D eigenvalue weighted by Gasteiger charge is -2.23. The predicted octanol–water partition coefficient (Wildman–Crippen LogP) is 2.16. The zero-order chi connectivity index (χ0) is 15.2. The standard InChI is InChI=1S/C14H14N2O3S2/c1-16(2)21(18,19)13-9-5-7-11-14(13)20(17)12-8-4-3-6-10(12)15-11/h3-9,15H,1-2H3. The maximum atomic E-state index is 12.8. The van der Waals surface area contributed by atoms with Gasteiger partial charge in [0.2, 0.25) is 10.0 Å². The van der Waals surface area contributed by atoms with E-state index < -0.39 is 20.8 Å². The second-order valence-electron chi connectivity index (χ2n) is 4.81. The van der Waals surface area contributed by atoms with Crippen LogP contribution in [-0.2, 0) is 20.8 Å². The highest BCUT2D eigenvalue weighted by Gasteiger charge is 2.30. The number of benzene rings is 2. The number of rotatable bonds is 2. The highest BCUT2D eigenvalue weighted by molar-refractivity contribution is 7.91. The fourth-order valence-electron chi connectivity index (χ4n) is 2.19. The molecular formula is C14H14N2O3S2. The molecule has 1 N–H and O–H groups in total. The molecule has 0 amide bonds. The summed E-state index contributed by atoms with van der Waals surface area (Å²) in [5, 5.41) is 3.15. The highest BCUT2D eigenvalue weighted by Crippen LogP contribution is 2.40. The third kappa shape index (κ3) is 2.17. The minimum absolute atomic E-state index is 0.0744. The first kappa shape index (κ1) is 14.2. The number of hydrogen-bond donors (Lipinski definition) is 1. The lowest BCUT2D eigenvalue weighted by Crippen LogP contribution is -2.24. The number of nitrogens with zero attached hydrogens (tertiary/aromatic N) is 1. The molecule has 1 unspecified atom stereocenters. The summed E-state index contributed by atoms with van der Waals surface area (Å²) in [6, 6.07) is 12.1. The van der Waals surface area contributed by atoms with Crippen molar-refractivity contribution in [2.75, 3.05) is 19.4 Å². The molecule has 7 heteroatoms. The van der Waals surface area contributed by atoms with E-state index in [2.05, 4.69) is 5.32 Å². The topological polar surface area (TPSA) is 66.5 Å². The van der Waals surface area contributed by atoms with E-state index in [9.17, 15) is 12.6 Å². The Kier molecular flexibility index (Phi) is 3.35. The van der Waals surface area contributed by atoms with E-state index in [1.807, 2.05) is 12.1 Å². The molecule has 1 aliphatic heterocycles. The number of sulfonamides is 1. The summed E-state index contributed by atoms with van der Waals surface area (Å²) in [6.07, 6.45) is 0. The van der Waals surface area contributed by atoms with Crippen molar-refractivity contribution in [3.8, 4) is 0 Å². The quantitative estimate of drug-likeness (QED) is 0.785. The molecule has 1 aliphatic rings. The van der Waals surface area contributed by atoms with Crippen LogP contribution in [0.4, 0.5) is 11.4 Å². The van der Waals surface area contributed by atoms with E-state index in [-0.39, 0.29) is 4.90 Å². The van der Waals surface area contributed by atoms with Gasteiger partial charge in [-0.15, -0.1) is 0 Å². The largest absolute Gasteiger partial charge is 0.353 e. The molecule has 0 radical (unpaired) electrons. The van der Waals surface area contributed by atoms with Crippen LogP contribution in [0.15, 0.2) is 57.2 Å². The van der Waals surface area contributed by atoms with Gasteiger partial charge in [0.15, 0.2) is 0 Å². The molecule has 110 valence electrons. The van der Waals surface area contributed by atoms with Crippen LogP contribution in [0.25, 0.3) is 0 Å². The van der Waals surface area contributed by atoms with Gasteiger partial charge < -0.3 is 5.32 Å². The number of nitrogens with one attached hydrogen (secondary N) is 1. The summed E-state index contributed by atoms with van der Waals surface area (Å²) in [5.41, 5.74) is 1.30. The van der Waals surface area contributed by atoms with Gasteiger partial charge in [-0.25, -0.2) is 16.9 Å². The molecule has 21 heavy (non-hydrogen) atoms. The van der Waals surface area contributed by atoms with Crippen LogP contribution in [-0.4, -0.2) is 31.0 Å². The molecule has 0 bridgehead atoms. The summed E-state index contributed by atoms with van der Waals surface area (Å²) in [4.78, 5) is 0.974. The smallest absolute Gasteiger partial charge is 0.243 e. The summed E-state index contributed by atoms with van der Waals surface area (Å²) in [5.74, 6) is 0. The van der Waals surface area contributed by atoms with E-state index in [0.717, 1.165) is 9.99 Å². The zero-order valence-electron chi connectivity index (χ0n) is 11.5. The van der Waals surface area contributed by atoms with Crippen molar-refractivity contribution >= 4 is 32.2 Å². The summed E-state index contributed by atoms with van der Waals surface area (Å²) in [7, 11) is -2.27. The van der Waals surface area contributed by atoms with Crippen molar-refractivity contribution in [3.05, 3.63) is 42.5 Å². The lowest BCUT2D eigenvalue weighted by atomic mass is 10.2. The number of anilines is 2. The highest BCUT2D eigenvalue weighted by atomic mass is 32.2. The Balaban J connectivity index is 2.27. The third-order valence-electron chi connectivity index (χ3n) is 3.28. The SMILES string of the molecule is CN(C)S(=O)(=O)c1cccc2c1S(=O)c1ccccc1N2. The molecule has 1 heterocycles. The Labute approximate surface area is 126 Å². The normalized spacial score (nSPS) is 17.0. The molecule has 2 aromatic rings. The third-order valence-corrected chi connectivity index (χ3v) is 6.83. The first-order valence-electron chi connectivity index (χ1n) is 6.26. The lowest BCUT2D eigenvalue weighted by molar-refractivity contribution is 0.518. The summed E-state index contributed by atoms with van der Waals surface area (Å²) in [6.45, 7) is 0. The van der Waals surface area contributed by atoms with Crippen molar-refractivity contribution in [2.24, 2.45) is 0 Å². The second-order valence-corrected chi connectivity index (χ2v) is 8.32. The molecule has 5 nitrogen and oxygen atoms in total. The Bertz CT molecular complexity index is 845. The van der Waals surface area contributed by atoms with Crippen LogP contribution in [0.1, 0.15) is 0 Å². The average molecular weight is 322 g/mol. The fourth-order valence-corrected chi connectivity index (χ4v) is 5.03. The van der Waals surface area contributed by atoms with Crippen molar-refractivity contribution in [1.82, 2.24) is 4.31 Å². The maximum Gasteiger partial charge on any atom is 0.243 e. The van der Waals surface area contributed by atoms with Gasteiger partial charge in [0.05, 0.1) is 32.0 Å². The molecule has 0 spiro atoms. The average Bonchev–Trinajstić information content (AvgIpc) is 2.46. The van der Waals surface area contributed by atoms with Crippen LogP contribution < -0.4 is 5.32 Å². The Morgan fingerprint density at radius 3 is 2.38 bits per heavy atom. The van der Waals surface area contributed by atoms with E-state index >= 15 is 0 Å². The van der Waals surface area contributed by atoms with Gasteiger partial charge in [0, 0.05) is 14.1 Å². The number of hydrogen-bond acceptors (Lipinski definition) is 4. The van der Waals surface area contributed by atoms with Crippen LogP contribution >= 0.6 is 0 Å². The first-order valence-corrected chi connectivity index (χ1v) is 8.85. The van der Waals surface area contributed by atoms with Gasteiger partial charge in [-0.3, -0.25) is 0 Å². The summed E-state index contributed by atoms with van der Waals surface area (Å²) < 4.78 is 38.8. The predicted molar refractivity (Wildman–Crippen MR) is 81.7 cm³/mol. The Morgan fingerprint density at radius 2 is 1.67 bits per heavy atom. The minimum Gasteiger partial charge on any atom is -0.353 e. The second kappa shape index (κ2) is 4.94. The number of para-hydroxylation sites is 1. The molecule has 3 rings (SSSR count). The number of fused-ring (bicyclic) bond motifs is 2. The van der Waals surface area contributed by atoms with Crippen LogP contribution in [0.5, 0.6) is 0 Å². The van der Waals surface area contributed by atoms with Gasteiger partial charge >= 0.3 is 0 Å². The monoisotopic (exact) mass is 322 g/mol. The van der Waals surface area contributed by atoms with Gasteiger partial charge in [-0.05, 0) is 24.3 Å². The summed E-state index contributed by atoms with van der Waals surface area (Å²) >= 11 is 0. The van der Waals surface area contributed by atoms with Gasteiger partial charge in [-0.2, -0.15) is 0 Å². The zero-order valence-corrected chi connectivity index (χ0v) is 13.2. The van der Waals surface area contributed by atoms with Gasteiger partial charge in [0.25, 0.3) is 0 Å². The van der Waals surface area contributed by atoms with Crippen LogP contribution in [0.3, 0.4) is 0 Å². The molecule has 0 aliphatic carbocycles. The van der Waals surface area contributed by atoms with E-state index in [1.54, 1.807) is 24.3 Å². The maximum absolute atomic E-state index is 12.8. The van der Waals surface area contributed by atoms with E-state index in [4.69, 9.17) is 0 Å². The molecule has 2 aromatic carbocycles. The molecule has 0 aromatic heterocycles. The Hall–Kier alpha value is -1.70. The van der Waals surface area contributed by atoms with E-state index in [1.165, 1.54) is 20.2 Å².